The van der Waals surface area contributed by atoms with Gasteiger partial charge in [-0.3, -0.25) is 9.69 Å². The third kappa shape index (κ3) is 4.76. The summed E-state index contributed by atoms with van der Waals surface area (Å²) in [6.07, 6.45) is 4.60. The lowest BCUT2D eigenvalue weighted by molar-refractivity contribution is -0.138. The Hall–Kier alpha value is -2.57. The largest absolute Gasteiger partial charge is 0.497 e. The second-order valence-electron chi connectivity index (χ2n) is 8.99. The molecule has 32 heavy (non-hydrogen) atoms. The van der Waals surface area contributed by atoms with Crippen molar-refractivity contribution in [3.63, 3.8) is 0 Å². The number of aliphatic hydroxyl groups is 1. The fourth-order valence-electron chi connectivity index (χ4n) is 5.43. The fourth-order valence-corrected chi connectivity index (χ4v) is 5.43. The summed E-state index contributed by atoms with van der Waals surface area (Å²) in [5.41, 5.74) is 1.40. The molecule has 1 heterocycles. The van der Waals surface area contributed by atoms with Gasteiger partial charge in [-0.15, -0.1) is 0 Å². The summed E-state index contributed by atoms with van der Waals surface area (Å²) in [7, 11) is 3.30. The van der Waals surface area contributed by atoms with Crippen LogP contribution in [0.2, 0.25) is 0 Å². The number of likely N-dealkylation sites (tertiary alicyclic amines) is 1. The molecule has 1 aliphatic heterocycles. The van der Waals surface area contributed by atoms with Crippen molar-refractivity contribution < 1.29 is 19.4 Å². The van der Waals surface area contributed by atoms with Crippen molar-refractivity contribution in [2.45, 2.75) is 50.3 Å². The number of nitrogens with zero attached hydrogens (tertiary/aromatic N) is 1. The first-order valence-electron chi connectivity index (χ1n) is 11.5. The second-order valence-corrected chi connectivity index (χ2v) is 8.99. The van der Waals surface area contributed by atoms with Crippen molar-refractivity contribution in [1.82, 2.24) is 10.2 Å². The van der Waals surface area contributed by atoms with E-state index >= 15 is 0 Å². The van der Waals surface area contributed by atoms with E-state index in [1.807, 2.05) is 48.5 Å². The zero-order chi connectivity index (χ0) is 22.6. The van der Waals surface area contributed by atoms with Crippen molar-refractivity contribution in [3.8, 4) is 11.5 Å². The normalized spacial score (nSPS) is 25.6. The van der Waals surface area contributed by atoms with Gasteiger partial charge in [-0.05, 0) is 30.9 Å². The number of ether oxygens (including phenoxy) is 2. The lowest BCUT2D eigenvalue weighted by Crippen LogP contribution is -2.56. The molecule has 2 aromatic rings. The van der Waals surface area contributed by atoms with Gasteiger partial charge >= 0.3 is 0 Å². The van der Waals surface area contributed by atoms with Gasteiger partial charge in [0.1, 0.15) is 11.5 Å². The highest BCUT2D eigenvalue weighted by atomic mass is 16.5. The molecule has 0 aromatic heterocycles. The van der Waals surface area contributed by atoms with Crippen molar-refractivity contribution in [1.29, 1.82) is 0 Å². The predicted molar refractivity (Wildman–Crippen MR) is 124 cm³/mol. The number of rotatable bonds is 7. The maximum atomic E-state index is 12.9. The van der Waals surface area contributed by atoms with Gasteiger partial charge in [-0.25, -0.2) is 0 Å². The van der Waals surface area contributed by atoms with E-state index in [0.29, 0.717) is 26.1 Å². The maximum Gasteiger partial charge on any atom is 0.234 e. The molecular formula is C26H34N2O4. The summed E-state index contributed by atoms with van der Waals surface area (Å²) < 4.78 is 11.1. The van der Waals surface area contributed by atoms with Crippen LogP contribution in [0.1, 0.15) is 49.3 Å². The number of fused-ring (bicyclic) bond motifs is 1. The summed E-state index contributed by atoms with van der Waals surface area (Å²) in [6, 6.07) is 15.7. The van der Waals surface area contributed by atoms with E-state index in [1.165, 1.54) is 0 Å². The van der Waals surface area contributed by atoms with Crippen LogP contribution in [0.15, 0.2) is 48.5 Å². The van der Waals surface area contributed by atoms with E-state index in [0.717, 1.165) is 48.3 Å². The van der Waals surface area contributed by atoms with Crippen LogP contribution in [-0.4, -0.2) is 48.8 Å². The van der Waals surface area contributed by atoms with E-state index < -0.39 is 5.60 Å². The van der Waals surface area contributed by atoms with Gasteiger partial charge in [0.25, 0.3) is 0 Å². The number of carbonyl (C=O) groups excluding carboxylic acids is 1. The molecule has 6 heteroatoms. The average Bonchev–Trinajstić information content (AvgIpc) is 2.83. The topological polar surface area (TPSA) is 71.0 Å². The van der Waals surface area contributed by atoms with Crippen LogP contribution in [0.4, 0.5) is 0 Å². The number of piperidine rings is 1. The quantitative estimate of drug-likeness (QED) is 0.690. The first-order valence-corrected chi connectivity index (χ1v) is 11.5. The molecule has 1 saturated carbocycles. The summed E-state index contributed by atoms with van der Waals surface area (Å²) in [6.45, 7) is 1.47. The third-order valence-electron chi connectivity index (χ3n) is 7.11. The monoisotopic (exact) mass is 438 g/mol. The van der Waals surface area contributed by atoms with E-state index in [1.54, 1.807) is 14.2 Å². The van der Waals surface area contributed by atoms with Crippen LogP contribution >= 0.6 is 0 Å². The minimum atomic E-state index is -0.690. The number of amides is 1. The molecule has 1 saturated heterocycles. The van der Waals surface area contributed by atoms with Crippen molar-refractivity contribution in [2.24, 2.45) is 5.92 Å². The van der Waals surface area contributed by atoms with Crippen molar-refractivity contribution >= 4 is 5.91 Å². The van der Waals surface area contributed by atoms with E-state index in [2.05, 4.69) is 10.2 Å². The zero-order valence-electron chi connectivity index (χ0n) is 19.0. The Labute approximate surface area is 190 Å². The molecule has 0 unspecified atom stereocenters. The SMILES string of the molecule is COc1ccc([C@H]2[C@H]3CCCC[C@@]3(O)CCN2CC(=O)NCc2ccccc2)c(OC)c1. The summed E-state index contributed by atoms with van der Waals surface area (Å²) in [5.74, 6) is 1.52. The molecule has 172 valence electrons. The number of carbonyl (C=O) groups is 1. The standard InChI is InChI=1S/C26H34N2O4/c1-31-20-11-12-21(23(16-20)32-2)25-22-10-6-7-13-26(22,30)14-15-28(25)18-24(29)27-17-19-8-4-3-5-9-19/h3-5,8-9,11-12,16,22,25,30H,6-7,10,13-15,17-18H2,1-2H3,(H,27,29)/t22-,25+,26-/m1/s1. The Morgan fingerprint density at radius 3 is 2.69 bits per heavy atom. The number of nitrogens with one attached hydrogen (secondary N) is 1. The Morgan fingerprint density at radius 1 is 1.12 bits per heavy atom. The first kappa shape index (κ1) is 22.6. The molecule has 1 amide bonds. The summed E-state index contributed by atoms with van der Waals surface area (Å²) >= 11 is 0. The molecular weight excluding hydrogens is 404 g/mol. The molecule has 0 spiro atoms. The van der Waals surface area contributed by atoms with Gasteiger partial charge in [0.2, 0.25) is 5.91 Å². The van der Waals surface area contributed by atoms with Gasteiger partial charge in [-0.2, -0.15) is 0 Å². The van der Waals surface area contributed by atoms with Crippen LogP contribution in [0.5, 0.6) is 11.5 Å². The van der Waals surface area contributed by atoms with Crippen LogP contribution in [0.25, 0.3) is 0 Å². The Balaban J connectivity index is 1.58. The number of methoxy groups -OCH3 is 2. The fraction of sp³-hybridized carbons (Fsp3) is 0.500. The molecule has 2 aromatic carbocycles. The molecule has 2 fully saturated rings. The summed E-state index contributed by atoms with van der Waals surface area (Å²) in [4.78, 5) is 15.1. The van der Waals surface area contributed by atoms with Gasteiger partial charge in [-0.1, -0.05) is 49.2 Å². The van der Waals surface area contributed by atoms with E-state index in [-0.39, 0.29) is 17.9 Å². The summed E-state index contributed by atoms with van der Waals surface area (Å²) in [5, 5.41) is 14.6. The van der Waals surface area contributed by atoms with Crippen molar-refractivity contribution in [2.75, 3.05) is 27.3 Å². The molecule has 2 N–H and O–H groups in total. The maximum absolute atomic E-state index is 12.9. The third-order valence-corrected chi connectivity index (χ3v) is 7.11. The zero-order valence-corrected chi connectivity index (χ0v) is 19.0. The average molecular weight is 439 g/mol. The number of hydrogen-bond acceptors (Lipinski definition) is 5. The second kappa shape index (κ2) is 9.92. The van der Waals surface area contributed by atoms with Gasteiger partial charge in [0.15, 0.2) is 0 Å². The van der Waals surface area contributed by atoms with Crippen LogP contribution < -0.4 is 14.8 Å². The minimum Gasteiger partial charge on any atom is -0.497 e. The predicted octanol–water partition coefficient (Wildman–Crippen LogP) is 3.69. The number of benzene rings is 2. The van der Waals surface area contributed by atoms with E-state index in [4.69, 9.17) is 9.47 Å². The molecule has 0 bridgehead atoms. The molecule has 0 radical (unpaired) electrons. The Kier molecular flexibility index (Phi) is 7.01. The highest BCUT2D eigenvalue weighted by molar-refractivity contribution is 5.78. The van der Waals surface area contributed by atoms with Gasteiger partial charge in [0.05, 0.1) is 26.4 Å². The van der Waals surface area contributed by atoms with Crippen LogP contribution in [-0.2, 0) is 11.3 Å². The molecule has 2 aliphatic rings. The van der Waals surface area contributed by atoms with Gasteiger partial charge < -0.3 is 19.9 Å². The van der Waals surface area contributed by atoms with E-state index in [9.17, 15) is 9.90 Å². The Morgan fingerprint density at radius 2 is 1.94 bits per heavy atom. The molecule has 4 rings (SSSR count). The van der Waals surface area contributed by atoms with Crippen molar-refractivity contribution in [3.05, 3.63) is 59.7 Å². The van der Waals surface area contributed by atoms with Crippen LogP contribution in [0.3, 0.4) is 0 Å². The molecule has 1 aliphatic carbocycles. The first-order chi connectivity index (χ1) is 15.5. The van der Waals surface area contributed by atoms with Gasteiger partial charge in [0, 0.05) is 36.7 Å². The smallest absolute Gasteiger partial charge is 0.234 e. The Bertz CT molecular complexity index is 919. The molecule has 3 atom stereocenters. The highest BCUT2D eigenvalue weighted by Crippen LogP contribution is 2.51. The molecule has 6 nitrogen and oxygen atoms in total. The number of hydrogen-bond donors (Lipinski definition) is 2. The lowest BCUT2D eigenvalue weighted by atomic mass is 9.66. The minimum absolute atomic E-state index is 0.00687. The lowest BCUT2D eigenvalue weighted by Gasteiger charge is -2.52. The van der Waals surface area contributed by atoms with Crippen LogP contribution in [0, 0.1) is 5.92 Å². The highest BCUT2D eigenvalue weighted by Gasteiger charge is 2.49.